The highest BCUT2D eigenvalue weighted by Crippen LogP contribution is 2.30. The average molecular weight is 262 g/mol. The number of aromatic nitrogens is 2. The number of aryl methyl sites for hydroxylation is 2. The molecular weight excluding hydrogens is 244 g/mol. The van der Waals surface area contributed by atoms with Crippen molar-refractivity contribution in [3.63, 3.8) is 0 Å². The maximum atomic E-state index is 11.5. The predicted molar refractivity (Wildman–Crippen MR) is 72.1 cm³/mol. The molecule has 1 aromatic heterocycles. The molecule has 2 N–H and O–H groups in total. The van der Waals surface area contributed by atoms with Crippen LogP contribution in [-0.4, -0.2) is 32.3 Å². The normalized spacial score (nSPS) is 14.5. The van der Waals surface area contributed by atoms with E-state index in [4.69, 9.17) is 5.11 Å². The topological polar surface area (TPSA) is 75.3 Å². The fourth-order valence-corrected chi connectivity index (χ4v) is 2.26. The van der Waals surface area contributed by atoms with Crippen molar-refractivity contribution in [1.29, 1.82) is 0 Å². The summed E-state index contributed by atoms with van der Waals surface area (Å²) in [7, 11) is 1.93. The first-order valence-corrected chi connectivity index (χ1v) is 6.18. The number of carbonyl (C=O) groups is 1. The Morgan fingerprint density at radius 3 is 2.74 bits per heavy atom. The SMILES string of the molecule is Cc1nc2cc(C(C)(CCO)C(=O)O)ccc2n1C. The van der Waals surface area contributed by atoms with Gasteiger partial charge in [-0.25, -0.2) is 4.98 Å². The van der Waals surface area contributed by atoms with Gasteiger partial charge < -0.3 is 14.8 Å². The van der Waals surface area contributed by atoms with Crippen molar-refractivity contribution < 1.29 is 15.0 Å². The molecule has 0 aliphatic rings. The highest BCUT2D eigenvalue weighted by atomic mass is 16.4. The minimum Gasteiger partial charge on any atom is -0.481 e. The Morgan fingerprint density at radius 2 is 2.16 bits per heavy atom. The smallest absolute Gasteiger partial charge is 0.313 e. The Hall–Kier alpha value is -1.88. The van der Waals surface area contributed by atoms with Gasteiger partial charge in [0.05, 0.1) is 16.4 Å². The predicted octanol–water partition coefficient (Wildman–Crippen LogP) is 1.61. The quantitative estimate of drug-likeness (QED) is 0.877. The van der Waals surface area contributed by atoms with Crippen molar-refractivity contribution in [2.45, 2.75) is 25.7 Å². The highest BCUT2D eigenvalue weighted by Gasteiger charge is 2.35. The molecule has 0 radical (unpaired) electrons. The zero-order valence-corrected chi connectivity index (χ0v) is 11.3. The lowest BCUT2D eigenvalue weighted by Crippen LogP contribution is -2.33. The third-order valence-corrected chi connectivity index (χ3v) is 3.83. The standard InChI is InChI=1S/C14H18N2O3/c1-9-15-11-8-10(4-5-12(11)16(9)3)14(2,6-7-17)13(18)19/h4-5,8,17H,6-7H2,1-3H3,(H,18,19). The van der Waals surface area contributed by atoms with Gasteiger partial charge in [-0.2, -0.15) is 0 Å². The third-order valence-electron chi connectivity index (χ3n) is 3.83. The van der Waals surface area contributed by atoms with E-state index in [1.54, 1.807) is 19.1 Å². The lowest BCUT2D eigenvalue weighted by Gasteiger charge is -2.24. The molecule has 2 aromatic rings. The van der Waals surface area contributed by atoms with E-state index in [0.717, 1.165) is 16.9 Å². The van der Waals surface area contributed by atoms with Crippen LogP contribution < -0.4 is 0 Å². The lowest BCUT2D eigenvalue weighted by molar-refractivity contribution is -0.143. The molecule has 102 valence electrons. The van der Waals surface area contributed by atoms with E-state index < -0.39 is 11.4 Å². The Balaban J connectivity index is 2.59. The number of rotatable bonds is 4. The molecule has 2 rings (SSSR count). The minimum absolute atomic E-state index is 0.165. The first kappa shape index (κ1) is 13.5. The van der Waals surface area contributed by atoms with Crippen LogP contribution in [0, 0.1) is 6.92 Å². The molecule has 0 aliphatic carbocycles. The van der Waals surface area contributed by atoms with Crippen molar-refractivity contribution >= 4 is 17.0 Å². The van der Waals surface area contributed by atoms with Crippen LogP contribution in [0.1, 0.15) is 24.7 Å². The summed E-state index contributed by atoms with van der Waals surface area (Å²) in [5.41, 5.74) is 1.33. The number of aliphatic carboxylic acids is 1. The highest BCUT2D eigenvalue weighted by molar-refractivity contribution is 5.84. The molecule has 1 unspecified atom stereocenters. The van der Waals surface area contributed by atoms with Crippen LogP contribution in [0.3, 0.4) is 0 Å². The number of carboxylic acid groups (broad SMARTS) is 1. The Kier molecular flexibility index (Phi) is 3.32. The molecule has 0 amide bonds. The van der Waals surface area contributed by atoms with Crippen molar-refractivity contribution in [1.82, 2.24) is 9.55 Å². The zero-order chi connectivity index (χ0) is 14.2. The molecule has 0 bridgehead atoms. The van der Waals surface area contributed by atoms with Crippen LogP contribution in [0.15, 0.2) is 18.2 Å². The molecule has 0 saturated carbocycles. The van der Waals surface area contributed by atoms with Crippen LogP contribution in [0.4, 0.5) is 0 Å². The van der Waals surface area contributed by atoms with Gasteiger partial charge in [0.15, 0.2) is 0 Å². The number of hydrogen-bond donors (Lipinski definition) is 2. The first-order chi connectivity index (χ1) is 8.90. The number of hydrogen-bond acceptors (Lipinski definition) is 3. The van der Waals surface area contributed by atoms with Crippen LogP contribution in [-0.2, 0) is 17.3 Å². The van der Waals surface area contributed by atoms with E-state index in [2.05, 4.69) is 4.98 Å². The number of carboxylic acids is 1. The van der Waals surface area contributed by atoms with E-state index in [0.29, 0.717) is 5.56 Å². The maximum Gasteiger partial charge on any atom is 0.313 e. The van der Waals surface area contributed by atoms with Gasteiger partial charge in [-0.1, -0.05) is 6.07 Å². The second-order valence-corrected chi connectivity index (χ2v) is 5.03. The van der Waals surface area contributed by atoms with Crippen LogP contribution in [0.25, 0.3) is 11.0 Å². The fourth-order valence-electron chi connectivity index (χ4n) is 2.26. The van der Waals surface area contributed by atoms with Crippen molar-refractivity contribution in [3.05, 3.63) is 29.6 Å². The molecule has 5 heteroatoms. The Labute approximate surface area is 111 Å². The second kappa shape index (κ2) is 4.66. The van der Waals surface area contributed by atoms with Crippen molar-refractivity contribution in [3.8, 4) is 0 Å². The minimum atomic E-state index is -1.09. The van der Waals surface area contributed by atoms with E-state index in [-0.39, 0.29) is 13.0 Å². The zero-order valence-electron chi connectivity index (χ0n) is 11.3. The summed E-state index contributed by atoms with van der Waals surface area (Å²) < 4.78 is 1.96. The summed E-state index contributed by atoms with van der Waals surface area (Å²) in [6.45, 7) is 3.37. The monoisotopic (exact) mass is 262 g/mol. The van der Waals surface area contributed by atoms with Crippen LogP contribution in [0.5, 0.6) is 0 Å². The van der Waals surface area contributed by atoms with Gasteiger partial charge in [0.25, 0.3) is 0 Å². The molecule has 0 fully saturated rings. The summed E-state index contributed by atoms with van der Waals surface area (Å²) in [6.07, 6.45) is 0.180. The summed E-state index contributed by atoms with van der Waals surface area (Å²) in [6, 6.07) is 5.47. The molecule has 0 spiro atoms. The lowest BCUT2D eigenvalue weighted by atomic mass is 9.79. The maximum absolute atomic E-state index is 11.5. The largest absolute Gasteiger partial charge is 0.481 e. The van der Waals surface area contributed by atoms with E-state index in [1.807, 2.05) is 24.6 Å². The number of aliphatic hydroxyl groups excluding tert-OH is 1. The number of nitrogens with zero attached hydrogens (tertiary/aromatic N) is 2. The van der Waals surface area contributed by atoms with E-state index in [9.17, 15) is 9.90 Å². The average Bonchev–Trinajstić information content (AvgIpc) is 2.64. The van der Waals surface area contributed by atoms with Crippen LogP contribution in [0.2, 0.25) is 0 Å². The molecule has 5 nitrogen and oxygen atoms in total. The molecular formula is C14H18N2O3. The number of benzene rings is 1. The molecule has 1 atom stereocenters. The summed E-state index contributed by atoms with van der Waals surface area (Å²) >= 11 is 0. The van der Waals surface area contributed by atoms with Crippen molar-refractivity contribution in [2.24, 2.45) is 7.05 Å². The number of fused-ring (bicyclic) bond motifs is 1. The van der Waals surface area contributed by atoms with Gasteiger partial charge in [0, 0.05) is 13.7 Å². The van der Waals surface area contributed by atoms with E-state index in [1.165, 1.54) is 0 Å². The molecule has 0 aliphatic heterocycles. The van der Waals surface area contributed by atoms with Gasteiger partial charge in [0.2, 0.25) is 0 Å². The summed E-state index contributed by atoms with van der Waals surface area (Å²) in [4.78, 5) is 15.9. The van der Waals surface area contributed by atoms with Crippen molar-refractivity contribution in [2.75, 3.05) is 6.61 Å². The summed E-state index contributed by atoms with van der Waals surface area (Å²) in [5.74, 6) is -0.0557. The van der Waals surface area contributed by atoms with E-state index >= 15 is 0 Å². The van der Waals surface area contributed by atoms with Gasteiger partial charge in [-0.15, -0.1) is 0 Å². The van der Waals surface area contributed by atoms with Gasteiger partial charge in [-0.05, 0) is 38.0 Å². The molecule has 0 saturated heterocycles. The van der Waals surface area contributed by atoms with Gasteiger partial charge in [0.1, 0.15) is 5.82 Å². The second-order valence-electron chi connectivity index (χ2n) is 5.03. The van der Waals surface area contributed by atoms with Gasteiger partial charge >= 0.3 is 5.97 Å². The fraction of sp³-hybridized carbons (Fsp3) is 0.429. The van der Waals surface area contributed by atoms with Crippen LogP contribution >= 0.6 is 0 Å². The number of aliphatic hydroxyl groups is 1. The molecule has 1 aromatic carbocycles. The third kappa shape index (κ3) is 2.10. The summed E-state index contributed by atoms with van der Waals surface area (Å²) in [5, 5.41) is 18.5. The molecule has 19 heavy (non-hydrogen) atoms. The Morgan fingerprint density at radius 1 is 1.47 bits per heavy atom. The first-order valence-electron chi connectivity index (χ1n) is 6.18. The number of imidazole rings is 1. The Bertz CT molecular complexity index is 633. The molecule has 1 heterocycles. The van der Waals surface area contributed by atoms with Gasteiger partial charge in [-0.3, -0.25) is 4.79 Å².